The zero-order valence-electron chi connectivity index (χ0n) is 11.6. The molecule has 0 N–H and O–H groups in total. The average Bonchev–Trinajstić information content (AvgIpc) is 2.34. The zero-order chi connectivity index (χ0) is 13.5. The number of nitrogens with zero attached hydrogens (tertiary/aromatic N) is 3. The van der Waals surface area contributed by atoms with Gasteiger partial charge in [-0.3, -0.25) is 4.90 Å². The topological polar surface area (TPSA) is 49.1 Å². The summed E-state index contributed by atoms with van der Waals surface area (Å²) in [5.74, 6) is 0.424. The van der Waals surface area contributed by atoms with Crippen molar-refractivity contribution in [1.82, 2.24) is 9.88 Å². The molecular formula is C14H21N3O. The summed E-state index contributed by atoms with van der Waals surface area (Å²) in [4.78, 5) is 6.42. The molecule has 0 amide bonds. The molecule has 0 unspecified atom stereocenters. The second-order valence-electron chi connectivity index (χ2n) is 4.74. The van der Waals surface area contributed by atoms with Gasteiger partial charge in [-0.05, 0) is 39.8 Å². The molecule has 0 fully saturated rings. The molecule has 0 bridgehead atoms. The van der Waals surface area contributed by atoms with Crippen LogP contribution >= 0.6 is 0 Å². The number of pyridine rings is 1. The molecule has 1 heterocycles. The van der Waals surface area contributed by atoms with Gasteiger partial charge in [-0.1, -0.05) is 0 Å². The van der Waals surface area contributed by atoms with Crippen LogP contribution in [0.2, 0.25) is 0 Å². The molecule has 0 spiro atoms. The van der Waals surface area contributed by atoms with E-state index >= 15 is 0 Å². The van der Waals surface area contributed by atoms with Crippen molar-refractivity contribution in [3.8, 4) is 11.9 Å². The SMILES string of the molecule is CC(C)N(CCOc1ncccc1C#N)C(C)C. The first-order valence-electron chi connectivity index (χ1n) is 6.30. The summed E-state index contributed by atoms with van der Waals surface area (Å²) in [6, 6.07) is 6.49. The Hall–Kier alpha value is -1.60. The van der Waals surface area contributed by atoms with Gasteiger partial charge in [-0.2, -0.15) is 5.26 Å². The minimum Gasteiger partial charge on any atom is -0.475 e. The third-order valence-electron chi connectivity index (χ3n) is 2.81. The summed E-state index contributed by atoms with van der Waals surface area (Å²) in [6.45, 7) is 10.0. The van der Waals surface area contributed by atoms with Crippen molar-refractivity contribution in [3.05, 3.63) is 23.9 Å². The predicted octanol–water partition coefficient (Wildman–Crippen LogP) is 2.45. The van der Waals surface area contributed by atoms with Crippen molar-refractivity contribution in [3.63, 3.8) is 0 Å². The Morgan fingerprint density at radius 3 is 2.56 bits per heavy atom. The van der Waals surface area contributed by atoms with Crippen LogP contribution in [0.1, 0.15) is 33.3 Å². The van der Waals surface area contributed by atoms with Crippen molar-refractivity contribution in [1.29, 1.82) is 5.26 Å². The minimum absolute atomic E-state index is 0.424. The second-order valence-corrected chi connectivity index (χ2v) is 4.74. The van der Waals surface area contributed by atoms with Crippen molar-refractivity contribution in [2.45, 2.75) is 39.8 Å². The van der Waals surface area contributed by atoms with Crippen LogP contribution in [0.5, 0.6) is 5.88 Å². The Labute approximate surface area is 109 Å². The minimum atomic E-state index is 0.424. The van der Waals surface area contributed by atoms with Crippen molar-refractivity contribution >= 4 is 0 Å². The fourth-order valence-corrected chi connectivity index (χ4v) is 1.95. The lowest BCUT2D eigenvalue weighted by atomic mass is 10.2. The van der Waals surface area contributed by atoms with E-state index in [4.69, 9.17) is 10.00 Å². The summed E-state index contributed by atoms with van der Waals surface area (Å²) >= 11 is 0. The van der Waals surface area contributed by atoms with Gasteiger partial charge in [0.1, 0.15) is 18.2 Å². The second kappa shape index (κ2) is 6.97. The van der Waals surface area contributed by atoms with Crippen LogP contribution in [0.4, 0.5) is 0 Å². The fraction of sp³-hybridized carbons (Fsp3) is 0.571. The molecule has 1 aromatic rings. The highest BCUT2D eigenvalue weighted by Gasteiger charge is 2.13. The maximum Gasteiger partial charge on any atom is 0.231 e. The van der Waals surface area contributed by atoms with Gasteiger partial charge in [0.15, 0.2) is 0 Å². The van der Waals surface area contributed by atoms with E-state index in [9.17, 15) is 0 Å². The van der Waals surface area contributed by atoms with Gasteiger partial charge in [0, 0.05) is 24.8 Å². The largest absolute Gasteiger partial charge is 0.475 e. The smallest absolute Gasteiger partial charge is 0.231 e. The van der Waals surface area contributed by atoms with Gasteiger partial charge >= 0.3 is 0 Å². The lowest BCUT2D eigenvalue weighted by Gasteiger charge is -2.30. The van der Waals surface area contributed by atoms with Crippen molar-refractivity contribution in [2.24, 2.45) is 0 Å². The molecule has 1 aromatic heterocycles. The third kappa shape index (κ3) is 4.01. The Bertz CT molecular complexity index is 402. The van der Waals surface area contributed by atoms with E-state index in [1.165, 1.54) is 0 Å². The number of aromatic nitrogens is 1. The summed E-state index contributed by atoms with van der Waals surface area (Å²) in [7, 11) is 0. The van der Waals surface area contributed by atoms with Crippen LogP contribution in [0.3, 0.4) is 0 Å². The Morgan fingerprint density at radius 2 is 2.00 bits per heavy atom. The molecule has 98 valence electrons. The van der Waals surface area contributed by atoms with Gasteiger partial charge in [-0.15, -0.1) is 0 Å². The van der Waals surface area contributed by atoms with Crippen LogP contribution in [-0.2, 0) is 0 Å². The van der Waals surface area contributed by atoms with Crippen molar-refractivity contribution in [2.75, 3.05) is 13.2 Å². The third-order valence-corrected chi connectivity index (χ3v) is 2.81. The molecule has 0 aliphatic rings. The summed E-state index contributed by atoms with van der Waals surface area (Å²) in [5.41, 5.74) is 0.484. The Kier molecular flexibility index (Phi) is 5.60. The highest BCUT2D eigenvalue weighted by atomic mass is 16.5. The van der Waals surface area contributed by atoms with Crippen LogP contribution < -0.4 is 4.74 Å². The first kappa shape index (κ1) is 14.5. The number of nitriles is 1. The molecule has 0 saturated carbocycles. The van der Waals surface area contributed by atoms with E-state index < -0.39 is 0 Å². The first-order valence-corrected chi connectivity index (χ1v) is 6.30. The number of hydrogen-bond acceptors (Lipinski definition) is 4. The van der Waals surface area contributed by atoms with Gasteiger partial charge < -0.3 is 4.74 Å². The lowest BCUT2D eigenvalue weighted by molar-refractivity contribution is 0.140. The molecule has 0 aliphatic carbocycles. The molecule has 0 atom stereocenters. The highest BCUT2D eigenvalue weighted by Crippen LogP contribution is 2.13. The maximum absolute atomic E-state index is 8.92. The van der Waals surface area contributed by atoms with Crippen LogP contribution in [-0.4, -0.2) is 35.1 Å². The quantitative estimate of drug-likeness (QED) is 0.774. The van der Waals surface area contributed by atoms with E-state index in [2.05, 4.69) is 43.6 Å². The molecule has 0 aromatic carbocycles. The normalized spacial score (nSPS) is 11.0. The summed E-state index contributed by atoms with van der Waals surface area (Å²) in [5, 5.41) is 8.92. The summed E-state index contributed by atoms with van der Waals surface area (Å²) in [6.07, 6.45) is 1.64. The van der Waals surface area contributed by atoms with E-state index in [0.29, 0.717) is 30.1 Å². The van der Waals surface area contributed by atoms with Crippen LogP contribution in [0, 0.1) is 11.3 Å². The molecule has 1 rings (SSSR count). The van der Waals surface area contributed by atoms with Gasteiger partial charge in [0.2, 0.25) is 5.88 Å². The van der Waals surface area contributed by atoms with E-state index in [1.54, 1.807) is 18.3 Å². The van der Waals surface area contributed by atoms with Crippen molar-refractivity contribution < 1.29 is 4.74 Å². The average molecular weight is 247 g/mol. The van der Waals surface area contributed by atoms with Crippen LogP contribution in [0.15, 0.2) is 18.3 Å². The summed E-state index contributed by atoms with van der Waals surface area (Å²) < 4.78 is 5.58. The number of rotatable bonds is 6. The van der Waals surface area contributed by atoms with Gasteiger partial charge in [-0.25, -0.2) is 4.98 Å². The number of hydrogen-bond donors (Lipinski definition) is 0. The van der Waals surface area contributed by atoms with E-state index in [1.807, 2.05) is 0 Å². The molecule has 4 nitrogen and oxygen atoms in total. The molecular weight excluding hydrogens is 226 g/mol. The highest BCUT2D eigenvalue weighted by molar-refractivity contribution is 5.36. The number of ether oxygens (including phenoxy) is 1. The van der Waals surface area contributed by atoms with Crippen LogP contribution in [0.25, 0.3) is 0 Å². The standard InChI is InChI=1S/C14H21N3O/c1-11(2)17(12(3)4)8-9-18-14-13(10-15)6-5-7-16-14/h5-7,11-12H,8-9H2,1-4H3. The zero-order valence-corrected chi connectivity index (χ0v) is 11.6. The van der Waals surface area contributed by atoms with Gasteiger partial charge in [0.05, 0.1) is 0 Å². The monoisotopic (exact) mass is 247 g/mol. The molecule has 0 saturated heterocycles. The van der Waals surface area contributed by atoms with E-state index in [0.717, 1.165) is 6.54 Å². The Balaban J connectivity index is 2.53. The molecule has 0 aliphatic heterocycles. The molecule has 0 radical (unpaired) electrons. The molecule has 4 heteroatoms. The first-order chi connectivity index (χ1) is 8.56. The van der Waals surface area contributed by atoms with E-state index in [-0.39, 0.29) is 0 Å². The Morgan fingerprint density at radius 1 is 1.33 bits per heavy atom. The fourth-order valence-electron chi connectivity index (χ4n) is 1.95. The predicted molar refractivity (Wildman–Crippen MR) is 71.4 cm³/mol. The molecule has 18 heavy (non-hydrogen) atoms. The maximum atomic E-state index is 8.92. The lowest BCUT2D eigenvalue weighted by Crippen LogP contribution is -2.39. The van der Waals surface area contributed by atoms with Gasteiger partial charge in [0.25, 0.3) is 0 Å².